The molecular weight excluding hydrogens is 408 g/mol. The Labute approximate surface area is 191 Å². The van der Waals surface area contributed by atoms with Crippen molar-refractivity contribution < 1.29 is 19.1 Å². The third-order valence-corrected chi connectivity index (χ3v) is 6.38. The number of piperidine rings is 1. The van der Waals surface area contributed by atoms with E-state index in [9.17, 15) is 9.59 Å². The van der Waals surface area contributed by atoms with Crippen LogP contribution in [-0.2, 0) is 9.47 Å². The summed E-state index contributed by atoms with van der Waals surface area (Å²) in [5.74, 6) is -0.409. The van der Waals surface area contributed by atoms with E-state index in [2.05, 4.69) is 21.7 Å². The van der Waals surface area contributed by atoms with Crippen molar-refractivity contribution in [3.05, 3.63) is 23.5 Å². The Kier molecular flexibility index (Phi) is 7.64. The maximum atomic E-state index is 12.4. The quantitative estimate of drug-likeness (QED) is 0.656. The highest BCUT2D eigenvalue weighted by molar-refractivity contribution is 5.87. The highest BCUT2D eigenvalue weighted by Gasteiger charge is 2.35. The number of amides is 1. The summed E-state index contributed by atoms with van der Waals surface area (Å²) in [5, 5.41) is 0. The van der Waals surface area contributed by atoms with Crippen LogP contribution >= 0.6 is 0 Å². The Morgan fingerprint density at radius 3 is 2.38 bits per heavy atom. The Bertz CT molecular complexity index is 815. The second kappa shape index (κ2) is 10.1. The van der Waals surface area contributed by atoms with E-state index in [1.807, 2.05) is 38.7 Å². The van der Waals surface area contributed by atoms with Gasteiger partial charge < -0.3 is 19.3 Å². The molecule has 8 nitrogen and oxygen atoms in total. The Morgan fingerprint density at radius 1 is 1.12 bits per heavy atom. The summed E-state index contributed by atoms with van der Waals surface area (Å²) < 4.78 is 10.3. The van der Waals surface area contributed by atoms with Crippen LogP contribution in [0.2, 0.25) is 0 Å². The lowest BCUT2D eigenvalue weighted by Gasteiger charge is -2.48. The molecule has 2 aliphatic rings. The smallest absolute Gasteiger partial charge is 0.410 e. The molecule has 3 heterocycles. The molecule has 0 aromatic carbocycles. The highest BCUT2D eigenvalue weighted by Crippen LogP contribution is 2.28. The molecule has 0 N–H and O–H groups in total. The molecule has 1 atom stereocenters. The summed E-state index contributed by atoms with van der Waals surface area (Å²) in [6, 6.07) is 4.66. The fraction of sp³-hybridized carbons (Fsp3) is 0.708. The molecule has 0 spiro atoms. The average molecular weight is 447 g/mol. The minimum absolute atomic E-state index is 0.203. The van der Waals surface area contributed by atoms with E-state index >= 15 is 0 Å². The van der Waals surface area contributed by atoms with Crippen molar-refractivity contribution in [3.63, 3.8) is 0 Å². The standard InChI is InChI=1S/C24H38N4O4/c1-7-18-16-27(21-9-8-20(22(29)31-6)25-17(21)2)14-15-28(18)19-10-12-26(13-11-19)23(30)32-24(3,4)5/h8-9,18-19H,7,10-16H2,1-6H3/t18-/m0/s1. The Morgan fingerprint density at radius 2 is 1.81 bits per heavy atom. The molecule has 0 unspecified atom stereocenters. The van der Waals surface area contributed by atoms with Crippen LogP contribution in [0.4, 0.5) is 10.5 Å². The number of aromatic nitrogens is 1. The van der Waals surface area contributed by atoms with Crippen LogP contribution in [0.25, 0.3) is 0 Å². The van der Waals surface area contributed by atoms with Gasteiger partial charge in [-0.1, -0.05) is 6.92 Å². The number of aryl methyl sites for hydroxylation is 1. The predicted molar refractivity (Wildman–Crippen MR) is 124 cm³/mol. The summed E-state index contributed by atoms with van der Waals surface area (Å²) >= 11 is 0. The molecule has 2 aliphatic heterocycles. The third-order valence-electron chi connectivity index (χ3n) is 6.38. The number of methoxy groups -OCH3 is 1. The fourth-order valence-corrected chi connectivity index (χ4v) is 4.75. The van der Waals surface area contributed by atoms with Crippen molar-refractivity contribution in [1.29, 1.82) is 0 Å². The topological polar surface area (TPSA) is 75.2 Å². The second-order valence-electron chi connectivity index (χ2n) is 9.74. The van der Waals surface area contributed by atoms with E-state index in [0.29, 0.717) is 17.8 Å². The molecular formula is C24H38N4O4. The lowest BCUT2D eigenvalue weighted by molar-refractivity contribution is 0.00944. The number of anilines is 1. The highest BCUT2D eigenvalue weighted by atomic mass is 16.6. The predicted octanol–water partition coefficient (Wildman–Crippen LogP) is 3.48. The van der Waals surface area contributed by atoms with Crippen molar-refractivity contribution >= 4 is 17.7 Å². The van der Waals surface area contributed by atoms with Crippen LogP contribution in [0, 0.1) is 6.92 Å². The number of carbonyl (C=O) groups is 2. The van der Waals surface area contributed by atoms with Crippen LogP contribution < -0.4 is 4.90 Å². The van der Waals surface area contributed by atoms with Gasteiger partial charge in [0.1, 0.15) is 11.3 Å². The summed E-state index contributed by atoms with van der Waals surface area (Å²) in [4.78, 5) is 35.5. The van der Waals surface area contributed by atoms with Gasteiger partial charge >= 0.3 is 12.1 Å². The fourth-order valence-electron chi connectivity index (χ4n) is 4.75. The Hall–Kier alpha value is -2.35. The number of hydrogen-bond acceptors (Lipinski definition) is 7. The first kappa shape index (κ1) is 24.3. The van der Waals surface area contributed by atoms with E-state index in [1.54, 1.807) is 6.07 Å². The van der Waals surface area contributed by atoms with Gasteiger partial charge in [0.15, 0.2) is 0 Å². The molecule has 2 saturated heterocycles. The zero-order valence-electron chi connectivity index (χ0n) is 20.4. The number of hydrogen-bond donors (Lipinski definition) is 0. The lowest BCUT2D eigenvalue weighted by atomic mass is 9.98. The average Bonchev–Trinajstić information content (AvgIpc) is 2.77. The van der Waals surface area contributed by atoms with Crippen LogP contribution in [0.5, 0.6) is 0 Å². The van der Waals surface area contributed by atoms with Crippen LogP contribution in [-0.4, -0.2) is 84.4 Å². The van der Waals surface area contributed by atoms with Crippen LogP contribution in [0.15, 0.2) is 12.1 Å². The van der Waals surface area contributed by atoms with E-state index in [1.165, 1.54) is 7.11 Å². The largest absolute Gasteiger partial charge is 0.464 e. The summed E-state index contributed by atoms with van der Waals surface area (Å²) in [5.41, 5.74) is 1.81. The monoisotopic (exact) mass is 446 g/mol. The molecule has 0 bridgehead atoms. The van der Waals surface area contributed by atoms with Gasteiger partial charge in [-0.25, -0.2) is 14.6 Å². The van der Waals surface area contributed by atoms with Crippen molar-refractivity contribution in [2.45, 2.75) is 71.6 Å². The minimum atomic E-state index is -0.459. The van der Waals surface area contributed by atoms with Crippen LogP contribution in [0.1, 0.15) is 63.1 Å². The van der Waals surface area contributed by atoms with E-state index in [-0.39, 0.29) is 6.09 Å². The van der Waals surface area contributed by atoms with Crippen molar-refractivity contribution in [1.82, 2.24) is 14.8 Å². The number of piperazine rings is 1. The van der Waals surface area contributed by atoms with E-state index in [4.69, 9.17) is 9.47 Å². The summed E-state index contributed by atoms with van der Waals surface area (Å²) in [6.45, 7) is 14.2. The molecule has 1 aromatic heterocycles. The van der Waals surface area contributed by atoms with Gasteiger partial charge in [-0.3, -0.25) is 4.90 Å². The summed E-state index contributed by atoms with van der Waals surface area (Å²) in [6.07, 6.45) is 2.82. The first-order valence-electron chi connectivity index (χ1n) is 11.7. The number of likely N-dealkylation sites (tertiary alicyclic amines) is 1. The van der Waals surface area contributed by atoms with Crippen LogP contribution in [0.3, 0.4) is 0 Å². The SMILES string of the molecule is CC[C@H]1CN(c2ccc(C(=O)OC)nc2C)CCN1C1CCN(C(=O)OC(C)(C)C)CC1. The zero-order chi connectivity index (χ0) is 23.5. The zero-order valence-corrected chi connectivity index (χ0v) is 20.4. The van der Waals surface area contributed by atoms with Gasteiger partial charge in [-0.2, -0.15) is 0 Å². The maximum absolute atomic E-state index is 12.4. The maximum Gasteiger partial charge on any atom is 0.410 e. The molecule has 0 saturated carbocycles. The molecule has 1 amide bonds. The molecule has 3 rings (SSSR count). The van der Waals surface area contributed by atoms with Crippen molar-refractivity contribution in [2.75, 3.05) is 44.7 Å². The molecule has 178 valence electrons. The molecule has 1 aromatic rings. The molecule has 0 radical (unpaired) electrons. The Balaban J connectivity index is 1.60. The number of pyridine rings is 1. The number of rotatable bonds is 4. The van der Waals surface area contributed by atoms with E-state index in [0.717, 1.165) is 63.4 Å². The first-order chi connectivity index (χ1) is 15.1. The second-order valence-corrected chi connectivity index (χ2v) is 9.74. The van der Waals surface area contributed by atoms with Gasteiger partial charge in [0.05, 0.1) is 18.5 Å². The molecule has 32 heavy (non-hydrogen) atoms. The minimum Gasteiger partial charge on any atom is -0.464 e. The molecule has 8 heteroatoms. The number of nitrogens with zero attached hydrogens (tertiary/aromatic N) is 4. The van der Waals surface area contributed by atoms with Gasteiger partial charge in [0, 0.05) is 44.8 Å². The summed E-state index contributed by atoms with van der Waals surface area (Å²) in [7, 11) is 1.37. The third kappa shape index (κ3) is 5.71. The van der Waals surface area contributed by atoms with E-state index < -0.39 is 11.6 Å². The molecule has 0 aliphatic carbocycles. The van der Waals surface area contributed by atoms with Gasteiger partial charge in [0.25, 0.3) is 0 Å². The van der Waals surface area contributed by atoms with Gasteiger partial charge in [-0.05, 0) is 59.1 Å². The van der Waals surface area contributed by atoms with Gasteiger partial charge in [-0.15, -0.1) is 0 Å². The van der Waals surface area contributed by atoms with Gasteiger partial charge in [0.2, 0.25) is 0 Å². The first-order valence-corrected chi connectivity index (χ1v) is 11.7. The normalized spacial score (nSPS) is 20.9. The number of esters is 1. The van der Waals surface area contributed by atoms with Crippen molar-refractivity contribution in [3.8, 4) is 0 Å². The number of carbonyl (C=O) groups excluding carboxylic acids is 2. The lowest BCUT2D eigenvalue weighted by Crippen LogP contribution is -2.59. The molecule has 2 fully saturated rings. The van der Waals surface area contributed by atoms with Crippen molar-refractivity contribution in [2.24, 2.45) is 0 Å². The number of ether oxygens (including phenoxy) is 2.